The van der Waals surface area contributed by atoms with E-state index in [1.807, 2.05) is 18.2 Å². The molecule has 6 heteroatoms. The Balaban J connectivity index is 2.25. The molecule has 6 nitrogen and oxygen atoms in total. The Bertz CT molecular complexity index is 990. The maximum atomic E-state index is 11.7. The zero-order valence-electron chi connectivity index (χ0n) is 12.0. The number of nitrogens with two attached hydrogens (primary N) is 2. The van der Waals surface area contributed by atoms with Gasteiger partial charge in [0.25, 0.3) is 5.91 Å². The number of nitrogens with zero attached hydrogens (tertiary/aromatic N) is 1. The van der Waals surface area contributed by atoms with Crippen LogP contribution in [0.15, 0.2) is 64.0 Å². The molecule has 0 saturated heterocycles. The molecule has 3 aromatic rings. The van der Waals surface area contributed by atoms with Gasteiger partial charge in [-0.3, -0.25) is 9.59 Å². The lowest BCUT2D eigenvalue weighted by Crippen LogP contribution is -2.21. The molecule has 0 aliphatic heterocycles. The fourth-order valence-corrected chi connectivity index (χ4v) is 2.17. The van der Waals surface area contributed by atoms with Crippen molar-refractivity contribution in [1.82, 2.24) is 0 Å². The molecule has 3 rings (SSSR count). The normalized spacial score (nSPS) is 11.6. The molecule has 1 heterocycles. The molecule has 0 unspecified atom stereocenters. The highest BCUT2D eigenvalue weighted by molar-refractivity contribution is 5.95. The van der Waals surface area contributed by atoms with Crippen molar-refractivity contribution in [1.29, 1.82) is 0 Å². The third-order valence-corrected chi connectivity index (χ3v) is 3.28. The smallest absolute Gasteiger partial charge is 0.254 e. The molecule has 0 aliphatic carbocycles. The summed E-state index contributed by atoms with van der Waals surface area (Å²) in [6.07, 6.45) is 0. The first kappa shape index (κ1) is 14.5. The molecule has 2 aromatic carbocycles. The minimum atomic E-state index is -0.649. The maximum absolute atomic E-state index is 11.7. The highest BCUT2D eigenvalue weighted by Crippen LogP contribution is 2.16. The first-order valence-corrected chi connectivity index (χ1v) is 6.82. The standard InChI is InChI=1S/C17H13N3O3/c18-15(21)11-5-3-6-12(8-11)20-17-13(16(19)22)9-10-4-1-2-7-14(10)23-17/h1-9H,(H2,18,21)(H2,19,22). The van der Waals surface area contributed by atoms with Gasteiger partial charge in [0.15, 0.2) is 0 Å². The molecule has 0 atom stereocenters. The molecule has 0 radical (unpaired) electrons. The molecule has 1 aromatic heterocycles. The predicted octanol–water partition coefficient (Wildman–Crippen LogP) is 1.86. The number of benzene rings is 2. The second-order valence-electron chi connectivity index (χ2n) is 4.89. The van der Waals surface area contributed by atoms with E-state index in [1.165, 1.54) is 6.07 Å². The SMILES string of the molecule is NC(=O)c1cccc(N=c2oc3ccccc3cc2C(N)=O)c1. The Kier molecular flexibility index (Phi) is 3.64. The number of hydrogen-bond acceptors (Lipinski definition) is 4. The van der Waals surface area contributed by atoms with Crippen molar-refractivity contribution in [3.63, 3.8) is 0 Å². The van der Waals surface area contributed by atoms with E-state index in [9.17, 15) is 9.59 Å². The lowest BCUT2D eigenvalue weighted by Gasteiger charge is -2.02. The van der Waals surface area contributed by atoms with Gasteiger partial charge in [-0.2, -0.15) is 0 Å². The summed E-state index contributed by atoms with van der Waals surface area (Å²) in [5, 5.41) is 0.742. The number of fused-ring (bicyclic) bond motifs is 1. The number of amides is 2. The van der Waals surface area contributed by atoms with Crippen LogP contribution in [0, 0.1) is 0 Å². The average Bonchev–Trinajstić information content (AvgIpc) is 2.54. The van der Waals surface area contributed by atoms with Crippen molar-refractivity contribution in [3.8, 4) is 0 Å². The minimum absolute atomic E-state index is 0.0813. The second-order valence-corrected chi connectivity index (χ2v) is 4.89. The zero-order valence-corrected chi connectivity index (χ0v) is 12.0. The molecular weight excluding hydrogens is 294 g/mol. The van der Waals surface area contributed by atoms with Crippen LogP contribution in [0.25, 0.3) is 11.0 Å². The van der Waals surface area contributed by atoms with Gasteiger partial charge in [0.1, 0.15) is 11.1 Å². The first-order valence-electron chi connectivity index (χ1n) is 6.82. The summed E-state index contributed by atoms with van der Waals surface area (Å²) in [7, 11) is 0. The molecule has 0 bridgehead atoms. The van der Waals surface area contributed by atoms with E-state index >= 15 is 0 Å². The van der Waals surface area contributed by atoms with Crippen molar-refractivity contribution in [2.75, 3.05) is 0 Å². The number of rotatable bonds is 3. The number of primary amides is 2. The number of para-hydroxylation sites is 1. The van der Waals surface area contributed by atoms with Crippen LogP contribution in [0.4, 0.5) is 5.69 Å². The molecular formula is C17H13N3O3. The Morgan fingerprint density at radius 1 is 0.913 bits per heavy atom. The lowest BCUT2D eigenvalue weighted by atomic mass is 10.1. The van der Waals surface area contributed by atoms with E-state index in [0.29, 0.717) is 16.8 Å². The summed E-state index contributed by atoms with van der Waals surface area (Å²) in [5.41, 5.74) is 12.2. The Hall–Kier alpha value is -3.41. The quantitative estimate of drug-likeness (QED) is 0.770. The summed E-state index contributed by atoms with van der Waals surface area (Å²) in [6.45, 7) is 0. The van der Waals surface area contributed by atoms with Gasteiger partial charge in [-0.15, -0.1) is 0 Å². The van der Waals surface area contributed by atoms with E-state index in [0.717, 1.165) is 5.39 Å². The molecule has 0 fully saturated rings. The van der Waals surface area contributed by atoms with E-state index in [-0.39, 0.29) is 11.1 Å². The third-order valence-electron chi connectivity index (χ3n) is 3.28. The molecule has 23 heavy (non-hydrogen) atoms. The Morgan fingerprint density at radius 3 is 2.43 bits per heavy atom. The van der Waals surface area contributed by atoms with Gasteiger partial charge in [0.05, 0.1) is 5.69 Å². The van der Waals surface area contributed by atoms with Crippen molar-refractivity contribution < 1.29 is 14.0 Å². The topological polar surface area (TPSA) is 112 Å². The molecule has 0 saturated carbocycles. The predicted molar refractivity (Wildman–Crippen MR) is 84.9 cm³/mol. The van der Waals surface area contributed by atoms with Crippen molar-refractivity contribution in [2.24, 2.45) is 16.5 Å². The van der Waals surface area contributed by atoms with Gasteiger partial charge in [-0.05, 0) is 30.3 Å². The van der Waals surface area contributed by atoms with Gasteiger partial charge >= 0.3 is 0 Å². The second kappa shape index (κ2) is 5.76. The summed E-state index contributed by atoms with van der Waals surface area (Å²) >= 11 is 0. The summed E-state index contributed by atoms with van der Waals surface area (Å²) in [4.78, 5) is 27.2. The van der Waals surface area contributed by atoms with E-state index in [2.05, 4.69) is 4.99 Å². The highest BCUT2D eigenvalue weighted by Gasteiger charge is 2.09. The minimum Gasteiger partial charge on any atom is -0.438 e. The molecule has 114 valence electrons. The summed E-state index contributed by atoms with van der Waals surface area (Å²) in [5.74, 6) is -1.21. The lowest BCUT2D eigenvalue weighted by molar-refractivity contribution is 0.0989. The average molecular weight is 307 g/mol. The first-order chi connectivity index (χ1) is 11.0. The monoisotopic (exact) mass is 307 g/mol. The maximum Gasteiger partial charge on any atom is 0.254 e. The van der Waals surface area contributed by atoms with Crippen molar-refractivity contribution >= 4 is 28.5 Å². The van der Waals surface area contributed by atoms with Gasteiger partial charge in [0, 0.05) is 10.9 Å². The molecule has 0 aliphatic rings. The van der Waals surface area contributed by atoms with Crippen LogP contribution in [-0.4, -0.2) is 11.8 Å². The number of carbonyl (C=O) groups excluding carboxylic acids is 2. The summed E-state index contributed by atoms with van der Waals surface area (Å²) in [6, 6.07) is 15.2. The summed E-state index contributed by atoms with van der Waals surface area (Å²) < 4.78 is 5.67. The van der Waals surface area contributed by atoms with E-state index < -0.39 is 11.8 Å². The number of hydrogen-bond donors (Lipinski definition) is 2. The fraction of sp³-hybridized carbons (Fsp3) is 0. The van der Waals surface area contributed by atoms with Crippen LogP contribution >= 0.6 is 0 Å². The van der Waals surface area contributed by atoms with Crippen molar-refractivity contribution in [3.05, 3.63) is 71.3 Å². The molecule has 0 spiro atoms. The van der Waals surface area contributed by atoms with Crippen LogP contribution in [0.3, 0.4) is 0 Å². The van der Waals surface area contributed by atoms with Crippen LogP contribution < -0.4 is 17.0 Å². The van der Waals surface area contributed by atoms with Crippen LogP contribution in [0.2, 0.25) is 0 Å². The van der Waals surface area contributed by atoms with Crippen LogP contribution in [0.5, 0.6) is 0 Å². The van der Waals surface area contributed by atoms with Gasteiger partial charge in [0.2, 0.25) is 11.5 Å². The highest BCUT2D eigenvalue weighted by atomic mass is 16.3. The molecule has 4 N–H and O–H groups in total. The van der Waals surface area contributed by atoms with Gasteiger partial charge in [-0.1, -0.05) is 24.3 Å². The van der Waals surface area contributed by atoms with Crippen molar-refractivity contribution in [2.45, 2.75) is 0 Å². The van der Waals surface area contributed by atoms with Crippen LogP contribution in [-0.2, 0) is 0 Å². The third kappa shape index (κ3) is 2.96. The van der Waals surface area contributed by atoms with E-state index in [4.69, 9.17) is 15.9 Å². The Morgan fingerprint density at radius 2 is 1.70 bits per heavy atom. The Labute approximate surface area is 131 Å². The zero-order chi connectivity index (χ0) is 16.4. The van der Waals surface area contributed by atoms with Gasteiger partial charge in [-0.25, -0.2) is 4.99 Å². The molecule has 2 amide bonds. The number of carbonyl (C=O) groups is 2. The van der Waals surface area contributed by atoms with E-state index in [1.54, 1.807) is 30.3 Å². The fourth-order valence-electron chi connectivity index (χ4n) is 2.17. The van der Waals surface area contributed by atoms with Crippen LogP contribution in [0.1, 0.15) is 20.7 Å². The largest absolute Gasteiger partial charge is 0.438 e. The van der Waals surface area contributed by atoms with Gasteiger partial charge < -0.3 is 15.9 Å².